The second kappa shape index (κ2) is 7.31. The van der Waals surface area contributed by atoms with Crippen molar-refractivity contribution in [3.8, 4) is 22.3 Å². The lowest BCUT2D eigenvalue weighted by Gasteiger charge is -2.15. The van der Waals surface area contributed by atoms with Gasteiger partial charge in [-0.1, -0.05) is 133 Å². The minimum atomic E-state index is -0.924. The zero-order valence-electron chi connectivity index (χ0n) is 41.0. The Morgan fingerprint density at radius 2 is 0.605 bits per heavy atom. The van der Waals surface area contributed by atoms with Crippen molar-refractivity contribution >= 4 is 64.6 Å². The molecule has 0 unspecified atom stereocenters. The van der Waals surface area contributed by atoms with E-state index in [0.29, 0.717) is 0 Å². The summed E-state index contributed by atoms with van der Waals surface area (Å²) in [5.41, 5.74) is -2.49. The lowest BCUT2D eigenvalue weighted by Crippen LogP contribution is -1.88. The molecule has 9 aromatic rings. The normalized spacial score (nSPS) is 20.3. The van der Waals surface area contributed by atoms with Gasteiger partial charge in [-0.25, -0.2) is 0 Å². The van der Waals surface area contributed by atoms with Crippen molar-refractivity contribution < 1.29 is 30.2 Å². The van der Waals surface area contributed by atoms with Gasteiger partial charge in [-0.2, -0.15) is 0 Å². The van der Waals surface area contributed by atoms with Gasteiger partial charge in [0.05, 0.1) is 30.2 Å². The molecule has 0 nitrogen and oxygen atoms in total. The Kier molecular flexibility index (Phi) is 1.64. The Labute approximate surface area is 251 Å². The summed E-state index contributed by atoms with van der Waals surface area (Å²) in [4.78, 5) is 0. The van der Waals surface area contributed by atoms with Crippen molar-refractivity contribution in [2.24, 2.45) is 0 Å². The number of hydrogen-bond acceptors (Lipinski definition) is 0. The molecule has 0 aliphatic rings. The summed E-state index contributed by atoms with van der Waals surface area (Å²) >= 11 is 0. The molecule has 0 aromatic heterocycles. The van der Waals surface area contributed by atoms with Crippen LogP contribution in [0.4, 0.5) is 0 Å². The highest BCUT2D eigenvalue weighted by molar-refractivity contribution is 6.26. The molecule has 0 heterocycles. The molecule has 174 valence electrons. The molecule has 0 aliphatic carbocycles. The van der Waals surface area contributed by atoms with Crippen molar-refractivity contribution in [2.75, 3.05) is 0 Å². The van der Waals surface area contributed by atoms with E-state index in [0.717, 1.165) is 0 Å². The van der Waals surface area contributed by atoms with E-state index >= 15 is 0 Å². The fourth-order valence-electron chi connectivity index (χ4n) is 5.06. The van der Waals surface area contributed by atoms with Crippen LogP contribution in [0.15, 0.2) is 133 Å². The standard InChI is InChI=1S/C38H22/c1-3-25-11-13-29-15-19-31(33-21-17-27(5-1)35(25)37(29)33)23-7-9-24(10-8-23)32-20-16-30-14-12-26-4-2-6-28-18-22-34(32)38(30)36(26)28/h1-22H/i1D,2D,3D,4D,5D,6D,7D,8D,9D,10D,11D,12D,13D,14D,15D,16D,17D,18D,19D,20D,21D,22D. The Hall–Kier alpha value is -4.94. The zero-order valence-corrected chi connectivity index (χ0v) is 19.0. The third-order valence-corrected chi connectivity index (χ3v) is 6.75. The minimum Gasteiger partial charge on any atom is -0.0610 e. The molecule has 0 fully saturated rings. The predicted octanol–water partition coefficient (Wildman–Crippen LogP) is 10.8. The second-order valence-electron chi connectivity index (χ2n) is 8.75. The maximum atomic E-state index is 9.32. The molecule has 38 heavy (non-hydrogen) atoms. The van der Waals surface area contributed by atoms with Crippen LogP contribution in [-0.2, 0) is 0 Å². The summed E-state index contributed by atoms with van der Waals surface area (Å²) in [7, 11) is 0. The van der Waals surface area contributed by atoms with Gasteiger partial charge in [0.15, 0.2) is 0 Å². The molecule has 0 spiro atoms. The molecule has 0 aliphatic heterocycles. The molecule has 0 heteroatoms. The minimum absolute atomic E-state index is 0.201. The van der Waals surface area contributed by atoms with Gasteiger partial charge in [0, 0.05) is 0 Å². The zero-order chi connectivity index (χ0) is 43.9. The molecule has 9 rings (SSSR count). The van der Waals surface area contributed by atoms with Crippen molar-refractivity contribution in [3.05, 3.63) is 133 Å². The van der Waals surface area contributed by atoms with E-state index in [1.165, 1.54) is 0 Å². The molecular formula is C38H22. The van der Waals surface area contributed by atoms with E-state index in [9.17, 15) is 5.48 Å². The first kappa shape index (κ1) is 8.55. The quantitative estimate of drug-likeness (QED) is 0.207. The van der Waals surface area contributed by atoms with Crippen LogP contribution in [0.2, 0.25) is 0 Å². The van der Waals surface area contributed by atoms with Gasteiger partial charge in [-0.3, -0.25) is 0 Å². The van der Waals surface area contributed by atoms with Crippen molar-refractivity contribution in [3.63, 3.8) is 0 Å². The van der Waals surface area contributed by atoms with E-state index in [2.05, 4.69) is 0 Å². The van der Waals surface area contributed by atoms with E-state index in [-0.39, 0.29) is 53.9 Å². The van der Waals surface area contributed by atoms with Crippen LogP contribution in [0.5, 0.6) is 0 Å². The molecule has 0 N–H and O–H groups in total. The first-order chi connectivity index (χ1) is 28.0. The van der Waals surface area contributed by atoms with Crippen LogP contribution in [0.1, 0.15) is 30.2 Å². The van der Waals surface area contributed by atoms with Gasteiger partial charge < -0.3 is 0 Å². The molecule has 0 atom stereocenters. The number of hydrogen-bond donors (Lipinski definition) is 0. The summed E-state index contributed by atoms with van der Waals surface area (Å²) in [5.74, 6) is 0. The second-order valence-corrected chi connectivity index (χ2v) is 8.75. The van der Waals surface area contributed by atoms with E-state index in [1.54, 1.807) is 0 Å². The average molecular weight is 501 g/mol. The topological polar surface area (TPSA) is 0 Å². The third kappa shape index (κ3) is 2.64. The average Bonchev–Trinajstić information content (AvgIpc) is 3.20. The molecule has 0 saturated carbocycles. The largest absolute Gasteiger partial charge is 0.0630 e. The molecule has 9 aromatic carbocycles. The predicted molar refractivity (Wildman–Crippen MR) is 165 cm³/mol. The van der Waals surface area contributed by atoms with Crippen LogP contribution in [0, 0.1) is 0 Å². The Morgan fingerprint density at radius 3 is 1.00 bits per heavy atom. The summed E-state index contributed by atoms with van der Waals surface area (Å²) in [5, 5.41) is -3.84. The Balaban J connectivity index is 1.49. The van der Waals surface area contributed by atoms with Crippen LogP contribution >= 0.6 is 0 Å². The van der Waals surface area contributed by atoms with Crippen molar-refractivity contribution in [1.82, 2.24) is 0 Å². The first-order valence-electron chi connectivity index (χ1n) is 22.5. The fraction of sp³-hybridized carbons (Fsp3) is 0. The maximum absolute atomic E-state index is 9.32. The third-order valence-electron chi connectivity index (χ3n) is 6.75. The van der Waals surface area contributed by atoms with Gasteiger partial charge in [-0.05, 0) is 86.9 Å². The highest BCUT2D eigenvalue weighted by Crippen LogP contribution is 2.41. The fourth-order valence-corrected chi connectivity index (χ4v) is 5.06. The Bertz CT molecular complexity index is 3240. The van der Waals surface area contributed by atoms with Gasteiger partial charge in [-0.15, -0.1) is 0 Å². The van der Waals surface area contributed by atoms with Crippen LogP contribution in [0.3, 0.4) is 0 Å². The molecular weight excluding hydrogens is 456 g/mol. The summed E-state index contributed by atoms with van der Waals surface area (Å²) in [6, 6.07) is -16.2. The lowest BCUT2D eigenvalue weighted by atomic mass is 9.88. The van der Waals surface area contributed by atoms with Gasteiger partial charge in [0.25, 0.3) is 0 Å². The van der Waals surface area contributed by atoms with Gasteiger partial charge in [0.2, 0.25) is 0 Å². The molecule has 0 amide bonds. The summed E-state index contributed by atoms with van der Waals surface area (Å²) in [6.07, 6.45) is 0. The molecule has 0 bridgehead atoms. The SMILES string of the molecule is [2H]c1c([2H])c(-c2c([2H])c([2H])c3c([2H])c([2H])c4c([2H])c([2H])c([2H])c5c([2H])c([2H])c2c3c45)c([2H])c([2H])c1-c1c([2H])c([2H])c2c([2H])c([2H])c3c([2H])c([2H])c([2H])c4c([2H])c([2H])c1c2c34. The van der Waals surface area contributed by atoms with Gasteiger partial charge >= 0.3 is 0 Å². The first-order valence-corrected chi connectivity index (χ1v) is 11.5. The molecule has 0 saturated heterocycles. The smallest absolute Gasteiger partial charge is 0.0610 e. The van der Waals surface area contributed by atoms with E-state index in [4.69, 9.17) is 24.7 Å². The summed E-state index contributed by atoms with van der Waals surface area (Å²) < 4.78 is 196. The number of rotatable bonds is 2. The van der Waals surface area contributed by atoms with Crippen LogP contribution < -0.4 is 0 Å². The van der Waals surface area contributed by atoms with Crippen LogP contribution in [0.25, 0.3) is 86.9 Å². The summed E-state index contributed by atoms with van der Waals surface area (Å²) in [6.45, 7) is 0. The van der Waals surface area contributed by atoms with Crippen molar-refractivity contribution in [1.29, 1.82) is 0 Å². The van der Waals surface area contributed by atoms with Crippen LogP contribution in [-0.4, -0.2) is 0 Å². The van der Waals surface area contributed by atoms with Gasteiger partial charge in [0.1, 0.15) is 0 Å². The monoisotopic (exact) mass is 500 g/mol. The van der Waals surface area contributed by atoms with E-state index < -0.39 is 166 Å². The van der Waals surface area contributed by atoms with E-state index in [1.807, 2.05) is 0 Å². The lowest BCUT2D eigenvalue weighted by molar-refractivity contribution is 1.64. The highest BCUT2D eigenvalue weighted by atomic mass is 14.2. The number of benzene rings is 9. The maximum Gasteiger partial charge on any atom is 0.0630 e. The highest BCUT2D eigenvalue weighted by Gasteiger charge is 2.14. The molecule has 0 radical (unpaired) electrons. The Morgan fingerprint density at radius 1 is 0.289 bits per heavy atom. The van der Waals surface area contributed by atoms with Crippen molar-refractivity contribution in [2.45, 2.75) is 0 Å².